The molecule has 0 bridgehead atoms. The van der Waals surface area contributed by atoms with Gasteiger partial charge in [0.25, 0.3) is 0 Å². The van der Waals surface area contributed by atoms with Gasteiger partial charge in [0.1, 0.15) is 5.82 Å². The standard InChI is InChI=1S/C13H20N4/c1-2-7-17-8-6-15-13(17)10-16-12-5-3-4-11(12)9-14/h6,8,11-12,16H,2-5,7,10H2,1H3. The molecule has 1 N–H and O–H groups in total. The predicted octanol–water partition coefficient (Wildman–Crippen LogP) is 2.07. The average molecular weight is 232 g/mol. The van der Waals surface area contributed by atoms with Gasteiger partial charge in [0.15, 0.2) is 0 Å². The number of aryl methyl sites for hydroxylation is 1. The van der Waals surface area contributed by atoms with Crippen LogP contribution in [-0.2, 0) is 13.1 Å². The Morgan fingerprint density at radius 2 is 2.47 bits per heavy atom. The van der Waals surface area contributed by atoms with Crippen molar-refractivity contribution >= 4 is 0 Å². The number of aromatic nitrogens is 2. The van der Waals surface area contributed by atoms with E-state index in [9.17, 15) is 0 Å². The second-order valence-electron chi connectivity index (χ2n) is 4.69. The van der Waals surface area contributed by atoms with Gasteiger partial charge in [0.2, 0.25) is 0 Å². The third-order valence-electron chi connectivity index (χ3n) is 3.47. The molecule has 1 saturated carbocycles. The van der Waals surface area contributed by atoms with Crippen LogP contribution in [0, 0.1) is 17.2 Å². The highest BCUT2D eigenvalue weighted by molar-refractivity contribution is 4.98. The van der Waals surface area contributed by atoms with Crippen molar-refractivity contribution in [2.45, 2.75) is 51.7 Å². The fraction of sp³-hybridized carbons (Fsp3) is 0.692. The van der Waals surface area contributed by atoms with Crippen LogP contribution in [0.4, 0.5) is 0 Å². The van der Waals surface area contributed by atoms with Crippen LogP contribution >= 0.6 is 0 Å². The zero-order valence-electron chi connectivity index (χ0n) is 10.4. The number of nitriles is 1. The lowest BCUT2D eigenvalue weighted by Gasteiger charge is -2.15. The Morgan fingerprint density at radius 1 is 1.59 bits per heavy atom. The Labute approximate surface area is 103 Å². The quantitative estimate of drug-likeness (QED) is 0.845. The molecular formula is C13H20N4. The summed E-state index contributed by atoms with van der Waals surface area (Å²) in [7, 11) is 0. The van der Waals surface area contributed by atoms with Crippen molar-refractivity contribution in [2.24, 2.45) is 5.92 Å². The lowest BCUT2D eigenvalue weighted by Crippen LogP contribution is -2.32. The maximum atomic E-state index is 9.02. The Balaban J connectivity index is 1.89. The number of nitrogens with zero attached hydrogens (tertiary/aromatic N) is 3. The first-order valence-electron chi connectivity index (χ1n) is 6.48. The topological polar surface area (TPSA) is 53.6 Å². The molecular weight excluding hydrogens is 212 g/mol. The molecule has 0 spiro atoms. The van der Waals surface area contributed by atoms with E-state index in [0.717, 1.165) is 38.2 Å². The van der Waals surface area contributed by atoms with E-state index in [1.54, 1.807) is 0 Å². The van der Waals surface area contributed by atoms with Gasteiger partial charge in [-0.25, -0.2) is 4.98 Å². The first kappa shape index (κ1) is 12.1. The molecule has 2 atom stereocenters. The second-order valence-corrected chi connectivity index (χ2v) is 4.69. The number of rotatable bonds is 5. The predicted molar refractivity (Wildman–Crippen MR) is 66.1 cm³/mol. The van der Waals surface area contributed by atoms with Gasteiger partial charge in [-0.3, -0.25) is 0 Å². The molecule has 1 aromatic rings. The molecule has 1 aliphatic rings. The number of nitrogens with one attached hydrogen (secondary N) is 1. The van der Waals surface area contributed by atoms with Crippen LogP contribution in [0.15, 0.2) is 12.4 Å². The Hall–Kier alpha value is -1.34. The van der Waals surface area contributed by atoms with Crippen molar-refractivity contribution in [2.75, 3.05) is 0 Å². The molecule has 1 heterocycles. The van der Waals surface area contributed by atoms with E-state index in [2.05, 4.69) is 27.9 Å². The van der Waals surface area contributed by atoms with E-state index < -0.39 is 0 Å². The minimum atomic E-state index is 0.185. The molecule has 0 saturated heterocycles. The van der Waals surface area contributed by atoms with Crippen molar-refractivity contribution in [1.82, 2.24) is 14.9 Å². The van der Waals surface area contributed by atoms with Crippen molar-refractivity contribution in [3.8, 4) is 6.07 Å². The monoisotopic (exact) mass is 232 g/mol. The van der Waals surface area contributed by atoms with Gasteiger partial charge in [0.05, 0.1) is 18.5 Å². The fourth-order valence-electron chi connectivity index (χ4n) is 2.53. The third-order valence-corrected chi connectivity index (χ3v) is 3.47. The first-order valence-corrected chi connectivity index (χ1v) is 6.48. The molecule has 4 heteroatoms. The highest BCUT2D eigenvalue weighted by Crippen LogP contribution is 2.24. The van der Waals surface area contributed by atoms with E-state index in [0.29, 0.717) is 6.04 Å². The summed E-state index contributed by atoms with van der Waals surface area (Å²) >= 11 is 0. The van der Waals surface area contributed by atoms with Crippen molar-refractivity contribution in [1.29, 1.82) is 5.26 Å². The van der Waals surface area contributed by atoms with Gasteiger partial charge in [-0.2, -0.15) is 5.26 Å². The number of imidazole rings is 1. The largest absolute Gasteiger partial charge is 0.334 e. The maximum Gasteiger partial charge on any atom is 0.122 e. The van der Waals surface area contributed by atoms with Crippen LogP contribution in [-0.4, -0.2) is 15.6 Å². The van der Waals surface area contributed by atoms with E-state index in [1.807, 2.05) is 12.4 Å². The minimum absolute atomic E-state index is 0.185. The smallest absolute Gasteiger partial charge is 0.122 e. The highest BCUT2D eigenvalue weighted by atomic mass is 15.1. The summed E-state index contributed by atoms with van der Waals surface area (Å²) in [5, 5.41) is 12.5. The molecule has 1 aromatic heterocycles. The molecule has 0 aliphatic heterocycles. The van der Waals surface area contributed by atoms with Crippen LogP contribution in [0.1, 0.15) is 38.4 Å². The fourth-order valence-corrected chi connectivity index (χ4v) is 2.53. The van der Waals surface area contributed by atoms with E-state index in [-0.39, 0.29) is 5.92 Å². The normalized spacial score (nSPS) is 23.8. The van der Waals surface area contributed by atoms with Gasteiger partial charge < -0.3 is 9.88 Å². The Bertz CT molecular complexity index is 390. The molecule has 1 fully saturated rings. The summed E-state index contributed by atoms with van der Waals surface area (Å²) in [4.78, 5) is 4.36. The lowest BCUT2D eigenvalue weighted by atomic mass is 10.1. The molecule has 0 amide bonds. The van der Waals surface area contributed by atoms with Crippen LogP contribution in [0.3, 0.4) is 0 Å². The SMILES string of the molecule is CCCn1ccnc1CNC1CCCC1C#N. The van der Waals surface area contributed by atoms with Gasteiger partial charge in [-0.05, 0) is 19.3 Å². The van der Waals surface area contributed by atoms with Crippen molar-refractivity contribution in [3.05, 3.63) is 18.2 Å². The second kappa shape index (κ2) is 5.83. The maximum absolute atomic E-state index is 9.02. The van der Waals surface area contributed by atoms with E-state index in [1.165, 1.54) is 6.42 Å². The van der Waals surface area contributed by atoms with Crippen molar-refractivity contribution < 1.29 is 0 Å². The van der Waals surface area contributed by atoms with Crippen LogP contribution < -0.4 is 5.32 Å². The van der Waals surface area contributed by atoms with Crippen LogP contribution in [0.2, 0.25) is 0 Å². The van der Waals surface area contributed by atoms with Crippen molar-refractivity contribution in [3.63, 3.8) is 0 Å². The Kier molecular flexibility index (Phi) is 4.16. The summed E-state index contributed by atoms with van der Waals surface area (Å²) < 4.78 is 2.18. The Morgan fingerprint density at radius 3 is 3.24 bits per heavy atom. The summed E-state index contributed by atoms with van der Waals surface area (Å²) in [6.07, 6.45) is 8.32. The summed E-state index contributed by atoms with van der Waals surface area (Å²) in [5.41, 5.74) is 0. The molecule has 2 unspecified atom stereocenters. The molecule has 0 aromatic carbocycles. The molecule has 2 rings (SSSR count). The summed E-state index contributed by atoms with van der Waals surface area (Å²) in [6, 6.07) is 2.75. The first-order chi connectivity index (χ1) is 8.35. The minimum Gasteiger partial charge on any atom is -0.334 e. The van der Waals surface area contributed by atoms with E-state index >= 15 is 0 Å². The van der Waals surface area contributed by atoms with Crippen LogP contribution in [0.25, 0.3) is 0 Å². The molecule has 4 nitrogen and oxygen atoms in total. The van der Waals surface area contributed by atoms with Gasteiger partial charge >= 0.3 is 0 Å². The average Bonchev–Trinajstić information content (AvgIpc) is 2.95. The van der Waals surface area contributed by atoms with Gasteiger partial charge in [-0.15, -0.1) is 0 Å². The zero-order chi connectivity index (χ0) is 12.1. The molecule has 0 radical (unpaired) electrons. The molecule has 17 heavy (non-hydrogen) atoms. The third kappa shape index (κ3) is 2.86. The summed E-state index contributed by atoms with van der Waals surface area (Å²) in [6.45, 7) is 3.96. The number of hydrogen-bond acceptors (Lipinski definition) is 3. The number of hydrogen-bond donors (Lipinski definition) is 1. The zero-order valence-corrected chi connectivity index (χ0v) is 10.4. The lowest BCUT2D eigenvalue weighted by molar-refractivity contribution is 0.449. The van der Waals surface area contributed by atoms with Gasteiger partial charge in [-0.1, -0.05) is 13.3 Å². The molecule has 1 aliphatic carbocycles. The highest BCUT2D eigenvalue weighted by Gasteiger charge is 2.26. The summed E-state index contributed by atoms with van der Waals surface area (Å²) in [5.74, 6) is 1.26. The molecule has 92 valence electrons. The van der Waals surface area contributed by atoms with Crippen LogP contribution in [0.5, 0.6) is 0 Å². The van der Waals surface area contributed by atoms with E-state index in [4.69, 9.17) is 5.26 Å². The van der Waals surface area contributed by atoms with Gasteiger partial charge in [0, 0.05) is 25.0 Å².